The maximum absolute atomic E-state index is 6.26. The standard InChI is InChI=1S/C18H26ClNO/c1-18(2,3)20-11-14-5-4-12(14)8-15-10-16(19)9-13-6-7-21-17(13)15/h9-10,12,14,20H,4-8,11H2,1-3H3. The first kappa shape index (κ1) is 15.2. The van der Waals surface area contributed by atoms with Gasteiger partial charge in [-0.1, -0.05) is 11.6 Å². The monoisotopic (exact) mass is 307 g/mol. The van der Waals surface area contributed by atoms with Crippen molar-refractivity contribution in [2.24, 2.45) is 11.8 Å². The van der Waals surface area contributed by atoms with Crippen LogP contribution in [-0.2, 0) is 12.8 Å². The summed E-state index contributed by atoms with van der Waals surface area (Å²) in [5.74, 6) is 2.68. The Hall–Kier alpha value is -0.730. The predicted molar refractivity (Wildman–Crippen MR) is 88.3 cm³/mol. The van der Waals surface area contributed by atoms with Crippen LogP contribution in [0.25, 0.3) is 0 Å². The van der Waals surface area contributed by atoms with E-state index in [0.717, 1.165) is 48.6 Å². The zero-order valence-corrected chi connectivity index (χ0v) is 14.1. The third-order valence-corrected chi connectivity index (χ3v) is 5.00. The number of ether oxygens (including phenoxy) is 1. The first-order valence-electron chi connectivity index (χ1n) is 8.11. The molecule has 3 rings (SSSR count). The molecule has 116 valence electrons. The molecule has 2 nitrogen and oxygen atoms in total. The molecule has 1 aromatic rings. The molecule has 0 spiro atoms. The molecule has 21 heavy (non-hydrogen) atoms. The fraction of sp³-hybridized carbons (Fsp3) is 0.667. The molecule has 1 aliphatic heterocycles. The maximum Gasteiger partial charge on any atom is 0.125 e. The Morgan fingerprint density at radius 1 is 1.24 bits per heavy atom. The summed E-state index contributed by atoms with van der Waals surface area (Å²) in [5.41, 5.74) is 2.82. The van der Waals surface area contributed by atoms with E-state index in [1.807, 2.05) is 0 Å². The van der Waals surface area contributed by atoms with Crippen LogP contribution in [0.2, 0.25) is 5.02 Å². The fourth-order valence-electron chi connectivity index (χ4n) is 3.39. The van der Waals surface area contributed by atoms with Gasteiger partial charge in [0, 0.05) is 17.0 Å². The summed E-state index contributed by atoms with van der Waals surface area (Å²) in [7, 11) is 0. The van der Waals surface area contributed by atoms with Crippen molar-refractivity contribution in [3.05, 3.63) is 28.3 Å². The van der Waals surface area contributed by atoms with Crippen LogP contribution in [0.1, 0.15) is 44.7 Å². The molecule has 1 aliphatic carbocycles. The van der Waals surface area contributed by atoms with E-state index in [1.165, 1.54) is 24.0 Å². The summed E-state index contributed by atoms with van der Waals surface area (Å²) in [5, 5.41) is 4.51. The Bertz CT molecular complexity index is 521. The minimum absolute atomic E-state index is 0.209. The fourth-order valence-corrected chi connectivity index (χ4v) is 3.66. The van der Waals surface area contributed by atoms with Crippen molar-refractivity contribution in [2.45, 2.75) is 52.0 Å². The van der Waals surface area contributed by atoms with Crippen molar-refractivity contribution in [2.75, 3.05) is 13.2 Å². The summed E-state index contributed by atoms with van der Waals surface area (Å²) in [6.45, 7) is 8.63. The van der Waals surface area contributed by atoms with Gasteiger partial charge in [-0.2, -0.15) is 0 Å². The second-order valence-corrected chi connectivity index (χ2v) is 8.02. The van der Waals surface area contributed by atoms with Crippen molar-refractivity contribution in [1.82, 2.24) is 5.32 Å². The lowest BCUT2D eigenvalue weighted by Gasteiger charge is -2.39. The number of rotatable bonds is 4. The van der Waals surface area contributed by atoms with E-state index in [2.05, 4.69) is 38.2 Å². The van der Waals surface area contributed by atoms with E-state index in [0.29, 0.717) is 0 Å². The lowest BCUT2D eigenvalue weighted by atomic mass is 9.70. The van der Waals surface area contributed by atoms with E-state index in [1.54, 1.807) is 0 Å². The highest BCUT2D eigenvalue weighted by Crippen LogP contribution is 2.41. The number of nitrogens with one attached hydrogen (secondary N) is 1. The molecule has 2 atom stereocenters. The van der Waals surface area contributed by atoms with Gasteiger partial charge in [-0.05, 0) is 81.7 Å². The Kier molecular flexibility index (Phi) is 4.20. The van der Waals surface area contributed by atoms with Crippen LogP contribution < -0.4 is 10.1 Å². The second kappa shape index (κ2) is 5.81. The van der Waals surface area contributed by atoms with Crippen LogP contribution in [-0.4, -0.2) is 18.7 Å². The minimum atomic E-state index is 0.209. The van der Waals surface area contributed by atoms with Crippen LogP contribution in [0.3, 0.4) is 0 Å². The van der Waals surface area contributed by atoms with Crippen molar-refractivity contribution in [1.29, 1.82) is 0 Å². The van der Waals surface area contributed by atoms with E-state index in [4.69, 9.17) is 16.3 Å². The maximum atomic E-state index is 6.26. The molecule has 2 unspecified atom stereocenters. The van der Waals surface area contributed by atoms with Gasteiger partial charge in [0.25, 0.3) is 0 Å². The SMILES string of the molecule is CC(C)(C)NCC1CCC1Cc1cc(Cl)cc2c1OCC2. The summed E-state index contributed by atoms with van der Waals surface area (Å²) >= 11 is 6.26. The van der Waals surface area contributed by atoms with Crippen LogP contribution >= 0.6 is 11.6 Å². The molecule has 0 bridgehead atoms. The van der Waals surface area contributed by atoms with Gasteiger partial charge in [0.2, 0.25) is 0 Å². The molecule has 0 saturated heterocycles. The largest absolute Gasteiger partial charge is 0.493 e. The van der Waals surface area contributed by atoms with Crippen molar-refractivity contribution < 1.29 is 4.74 Å². The molecule has 3 heteroatoms. The summed E-state index contributed by atoms with van der Waals surface area (Å²) in [6, 6.07) is 4.17. The lowest BCUT2D eigenvalue weighted by molar-refractivity contribution is 0.158. The smallest absolute Gasteiger partial charge is 0.125 e. The average molecular weight is 308 g/mol. The van der Waals surface area contributed by atoms with E-state index >= 15 is 0 Å². The topological polar surface area (TPSA) is 21.3 Å². The second-order valence-electron chi connectivity index (χ2n) is 7.58. The van der Waals surface area contributed by atoms with E-state index in [-0.39, 0.29) is 5.54 Å². The number of halogens is 1. The number of hydrogen-bond donors (Lipinski definition) is 1. The highest BCUT2D eigenvalue weighted by atomic mass is 35.5. The Balaban J connectivity index is 1.65. The molecule has 1 fully saturated rings. The van der Waals surface area contributed by atoms with Crippen molar-refractivity contribution >= 4 is 11.6 Å². The van der Waals surface area contributed by atoms with Gasteiger partial charge >= 0.3 is 0 Å². The number of fused-ring (bicyclic) bond motifs is 1. The summed E-state index contributed by atoms with van der Waals surface area (Å²) in [4.78, 5) is 0. The predicted octanol–water partition coefficient (Wildman–Crippen LogP) is 4.23. The van der Waals surface area contributed by atoms with Gasteiger partial charge < -0.3 is 10.1 Å². The first-order valence-corrected chi connectivity index (χ1v) is 8.49. The van der Waals surface area contributed by atoms with Gasteiger partial charge in [0.15, 0.2) is 0 Å². The van der Waals surface area contributed by atoms with Crippen molar-refractivity contribution in [3.8, 4) is 5.75 Å². The van der Waals surface area contributed by atoms with Crippen LogP contribution in [0.15, 0.2) is 12.1 Å². The zero-order chi connectivity index (χ0) is 15.0. The molecule has 1 heterocycles. The molecule has 1 saturated carbocycles. The quantitative estimate of drug-likeness (QED) is 0.898. The van der Waals surface area contributed by atoms with Crippen molar-refractivity contribution in [3.63, 3.8) is 0 Å². The van der Waals surface area contributed by atoms with Crippen LogP contribution in [0.5, 0.6) is 5.75 Å². The van der Waals surface area contributed by atoms with Gasteiger partial charge in [0.05, 0.1) is 6.61 Å². The number of benzene rings is 1. The van der Waals surface area contributed by atoms with Gasteiger partial charge in [-0.15, -0.1) is 0 Å². The van der Waals surface area contributed by atoms with Gasteiger partial charge in [0.1, 0.15) is 5.75 Å². The van der Waals surface area contributed by atoms with Gasteiger partial charge in [-0.3, -0.25) is 0 Å². The minimum Gasteiger partial charge on any atom is -0.493 e. The molecular formula is C18H26ClNO. The highest BCUT2D eigenvalue weighted by Gasteiger charge is 2.32. The average Bonchev–Trinajstić information content (AvgIpc) is 2.80. The van der Waals surface area contributed by atoms with Crippen LogP contribution in [0, 0.1) is 11.8 Å². The Morgan fingerprint density at radius 2 is 2.00 bits per heavy atom. The normalized spacial score (nSPS) is 24.4. The molecule has 2 aliphatic rings. The van der Waals surface area contributed by atoms with E-state index in [9.17, 15) is 0 Å². The molecule has 0 radical (unpaired) electrons. The summed E-state index contributed by atoms with van der Waals surface area (Å²) in [6.07, 6.45) is 4.79. The summed E-state index contributed by atoms with van der Waals surface area (Å²) < 4.78 is 5.83. The lowest BCUT2D eigenvalue weighted by Crippen LogP contribution is -2.44. The Morgan fingerprint density at radius 3 is 2.67 bits per heavy atom. The first-order chi connectivity index (χ1) is 9.92. The third-order valence-electron chi connectivity index (χ3n) is 4.78. The van der Waals surface area contributed by atoms with Gasteiger partial charge in [-0.25, -0.2) is 0 Å². The zero-order valence-electron chi connectivity index (χ0n) is 13.3. The molecular weight excluding hydrogens is 282 g/mol. The molecule has 0 aromatic heterocycles. The molecule has 1 aromatic carbocycles. The molecule has 1 N–H and O–H groups in total. The highest BCUT2D eigenvalue weighted by molar-refractivity contribution is 6.30. The molecule has 0 amide bonds. The Labute approximate surface area is 133 Å². The third kappa shape index (κ3) is 3.54. The van der Waals surface area contributed by atoms with E-state index < -0.39 is 0 Å². The number of hydrogen-bond acceptors (Lipinski definition) is 2. The van der Waals surface area contributed by atoms with Crippen LogP contribution in [0.4, 0.5) is 0 Å².